The average Bonchev–Trinajstić information content (AvgIpc) is 2.82. The van der Waals surface area contributed by atoms with Crippen LogP contribution in [0.2, 0.25) is 0 Å². The lowest BCUT2D eigenvalue weighted by molar-refractivity contribution is -0.145. The van der Waals surface area contributed by atoms with E-state index in [2.05, 4.69) is 16.0 Å². The predicted octanol–water partition coefficient (Wildman–Crippen LogP) is -2.39. The molecule has 5 atom stereocenters. The molecule has 0 heterocycles. The van der Waals surface area contributed by atoms with Gasteiger partial charge in [0.05, 0.1) is 12.1 Å². The highest BCUT2D eigenvalue weighted by atomic mass is 16.4. The highest BCUT2D eigenvalue weighted by Gasteiger charge is 2.32. The summed E-state index contributed by atoms with van der Waals surface area (Å²) in [7, 11) is 0. The second-order valence-corrected chi connectivity index (χ2v) is 8.42. The van der Waals surface area contributed by atoms with E-state index in [9.17, 15) is 39.0 Å². The van der Waals surface area contributed by atoms with Crippen LogP contribution in [0.4, 0.5) is 0 Å². The molecule has 14 nitrogen and oxygen atoms in total. The number of aliphatic hydroxyl groups is 1. The molecule has 4 amide bonds. The van der Waals surface area contributed by atoms with Gasteiger partial charge in [-0.25, -0.2) is 4.79 Å². The fourth-order valence-corrected chi connectivity index (χ4v) is 3.22. The van der Waals surface area contributed by atoms with Gasteiger partial charge in [-0.3, -0.25) is 24.0 Å². The first kappa shape index (κ1) is 31.0. The van der Waals surface area contributed by atoms with Gasteiger partial charge in [-0.2, -0.15) is 0 Å². The van der Waals surface area contributed by atoms with E-state index in [-0.39, 0.29) is 19.3 Å². The fraction of sp³-hybridized carbons (Fsp3) is 0.478. The van der Waals surface area contributed by atoms with Crippen molar-refractivity contribution < 1.29 is 44.1 Å². The van der Waals surface area contributed by atoms with Crippen LogP contribution in [0.3, 0.4) is 0 Å². The van der Waals surface area contributed by atoms with Gasteiger partial charge in [0.2, 0.25) is 23.6 Å². The Morgan fingerprint density at radius 3 is 1.92 bits per heavy atom. The SMILES string of the molecule is CC(O)C(NC(=O)C(CCC(=O)O)NC(=O)C(Cc1ccccc1)NC(=O)C(N)CCC(N)=O)C(=O)O. The van der Waals surface area contributed by atoms with Gasteiger partial charge in [0, 0.05) is 19.3 Å². The first-order valence-corrected chi connectivity index (χ1v) is 11.4. The van der Waals surface area contributed by atoms with E-state index in [1.54, 1.807) is 30.3 Å². The van der Waals surface area contributed by atoms with Crippen LogP contribution in [0.25, 0.3) is 0 Å². The maximum atomic E-state index is 13.2. The van der Waals surface area contributed by atoms with E-state index in [0.29, 0.717) is 5.56 Å². The number of rotatable bonds is 16. The Morgan fingerprint density at radius 1 is 0.838 bits per heavy atom. The molecule has 204 valence electrons. The Bertz CT molecular complexity index is 971. The van der Waals surface area contributed by atoms with Crippen molar-refractivity contribution in [3.8, 4) is 0 Å². The number of carboxylic acid groups (broad SMARTS) is 2. The Kier molecular flexibility index (Phi) is 12.7. The number of carboxylic acids is 2. The van der Waals surface area contributed by atoms with Gasteiger partial charge < -0.3 is 42.7 Å². The molecule has 1 aromatic rings. The van der Waals surface area contributed by atoms with Gasteiger partial charge in [-0.05, 0) is 25.3 Å². The number of benzene rings is 1. The molecular weight excluding hydrogens is 490 g/mol. The smallest absolute Gasteiger partial charge is 0.328 e. The summed E-state index contributed by atoms with van der Waals surface area (Å²) in [5.74, 6) is -6.13. The summed E-state index contributed by atoms with van der Waals surface area (Å²) in [6.45, 7) is 1.14. The van der Waals surface area contributed by atoms with Crippen molar-refractivity contribution in [1.29, 1.82) is 0 Å². The molecule has 0 fully saturated rings. The molecule has 5 unspecified atom stereocenters. The number of nitrogens with one attached hydrogen (secondary N) is 3. The normalized spacial score (nSPS) is 14.8. The van der Waals surface area contributed by atoms with Gasteiger partial charge >= 0.3 is 11.9 Å². The Hall–Kier alpha value is -4.04. The van der Waals surface area contributed by atoms with Crippen LogP contribution < -0.4 is 27.4 Å². The van der Waals surface area contributed by atoms with Crippen LogP contribution in [0, 0.1) is 0 Å². The molecule has 1 aromatic carbocycles. The monoisotopic (exact) mass is 523 g/mol. The molecular formula is C23H33N5O9. The van der Waals surface area contributed by atoms with Crippen LogP contribution in [0.5, 0.6) is 0 Å². The number of aliphatic hydroxyl groups excluding tert-OH is 1. The molecule has 37 heavy (non-hydrogen) atoms. The maximum Gasteiger partial charge on any atom is 0.328 e. The first-order valence-electron chi connectivity index (χ1n) is 11.4. The number of hydrogen-bond acceptors (Lipinski definition) is 8. The van der Waals surface area contributed by atoms with Crippen LogP contribution in [-0.2, 0) is 35.2 Å². The molecule has 0 aromatic heterocycles. The Labute approximate surface area is 212 Å². The predicted molar refractivity (Wildman–Crippen MR) is 129 cm³/mol. The molecule has 0 aliphatic rings. The summed E-state index contributed by atoms with van der Waals surface area (Å²) < 4.78 is 0. The molecule has 1 rings (SSSR count). The molecule has 10 N–H and O–H groups in total. The second-order valence-electron chi connectivity index (χ2n) is 8.42. The van der Waals surface area contributed by atoms with Crippen molar-refractivity contribution in [3.63, 3.8) is 0 Å². The molecule has 0 radical (unpaired) electrons. The van der Waals surface area contributed by atoms with Crippen LogP contribution >= 0.6 is 0 Å². The molecule has 0 aliphatic heterocycles. The molecule has 0 aliphatic carbocycles. The lowest BCUT2D eigenvalue weighted by atomic mass is 10.0. The number of primary amides is 1. The van der Waals surface area contributed by atoms with Crippen molar-refractivity contribution >= 4 is 35.6 Å². The lowest BCUT2D eigenvalue weighted by Crippen LogP contribution is -2.58. The molecule has 14 heteroatoms. The average molecular weight is 524 g/mol. The molecule has 0 saturated carbocycles. The summed E-state index contributed by atoms with van der Waals surface area (Å²) in [5, 5.41) is 34.8. The summed E-state index contributed by atoms with van der Waals surface area (Å²) in [6.07, 6.45) is -2.68. The largest absolute Gasteiger partial charge is 0.481 e. The van der Waals surface area contributed by atoms with Crippen molar-refractivity contribution in [2.45, 2.75) is 69.3 Å². The van der Waals surface area contributed by atoms with Gasteiger partial charge in [0.1, 0.15) is 12.1 Å². The third kappa shape index (κ3) is 11.5. The zero-order chi connectivity index (χ0) is 28.1. The number of carbonyl (C=O) groups is 6. The van der Waals surface area contributed by atoms with Crippen LogP contribution in [0.15, 0.2) is 30.3 Å². The number of hydrogen-bond donors (Lipinski definition) is 8. The highest BCUT2D eigenvalue weighted by molar-refractivity contribution is 5.94. The minimum Gasteiger partial charge on any atom is -0.481 e. The van der Waals surface area contributed by atoms with Crippen molar-refractivity contribution in [2.24, 2.45) is 11.5 Å². The van der Waals surface area contributed by atoms with E-state index < -0.39 is 78.7 Å². The first-order chi connectivity index (χ1) is 17.3. The summed E-state index contributed by atoms with van der Waals surface area (Å²) in [4.78, 5) is 71.9. The number of aliphatic carboxylic acids is 2. The minimum absolute atomic E-state index is 0.0281. The van der Waals surface area contributed by atoms with E-state index in [1.165, 1.54) is 0 Å². The van der Waals surface area contributed by atoms with E-state index in [4.69, 9.17) is 16.6 Å². The van der Waals surface area contributed by atoms with Gasteiger partial charge in [0.15, 0.2) is 6.04 Å². The summed E-state index contributed by atoms with van der Waals surface area (Å²) in [5.41, 5.74) is 11.5. The zero-order valence-electron chi connectivity index (χ0n) is 20.3. The van der Waals surface area contributed by atoms with Crippen LogP contribution in [-0.4, -0.2) is 81.2 Å². The third-order valence-corrected chi connectivity index (χ3v) is 5.28. The van der Waals surface area contributed by atoms with Gasteiger partial charge in [0.25, 0.3) is 0 Å². The van der Waals surface area contributed by atoms with Crippen LogP contribution in [0.1, 0.15) is 38.2 Å². The lowest BCUT2D eigenvalue weighted by Gasteiger charge is -2.25. The zero-order valence-corrected chi connectivity index (χ0v) is 20.3. The van der Waals surface area contributed by atoms with E-state index in [0.717, 1.165) is 6.92 Å². The minimum atomic E-state index is -1.71. The van der Waals surface area contributed by atoms with Crippen molar-refractivity contribution in [1.82, 2.24) is 16.0 Å². The maximum absolute atomic E-state index is 13.2. The van der Waals surface area contributed by atoms with Crippen molar-refractivity contribution in [3.05, 3.63) is 35.9 Å². The molecule has 0 saturated heterocycles. The Balaban J connectivity index is 3.12. The van der Waals surface area contributed by atoms with Gasteiger partial charge in [-0.1, -0.05) is 30.3 Å². The summed E-state index contributed by atoms with van der Waals surface area (Å²) >= 11 is 0. The summed E-state index contributed by atoms with van der Waals surface area (Å²) in [6, 6.07) is 2.90. The number of nitrogens with two attached hydrogens (primary N) is 2. The van der Waals surface area contributed by atoms with Crippen molar-refractivity contribution in [2.75, 3.05) is 0 Å². The fourth-order valence-electron chi connectivity index (χ4n) is 3.22. The quantitative estimate of drug-likeness (QED) is 0.114. The molecule has 0 spiro atoms. The third-order valence-electron chi connectivity index (χ3n) is 5.28. The number of amides is 4. The highest BCUT2D eigenvalue weighted by Crippen LogP contribution is 2.07. The Morgan fingerprint density at radius 2 is 1.41 bits per heavy atom. The van der Waals surface area contributed by atoms with E-state index >= 15 is 0 Å². The topological polar surface area (TPSA) is 251 Å². The van der Waals surface area contributed by atoms with E-state index in [1.807, 2.05) is 0 Å². The second kappa shape index (κ2) is 15.2. The number of carbonyl (C=O) groups excluding carboxylic acids is 4. The standard InChI is InChI=1S/C23H33N5O9/c1-12(29)19(23(36)37)28-21(34)15(8-10-18(31)32)26-22(35)16(11-13-5-3-2-4-6-13)27-20(33)14(24)7-9-17(25)30/h2-6,12,14-16,19,29H,7-11,24H2,1H3,(H2,25,30)(H,26,35)(H,27,33)(H,28,34)(H,31,32)(H,36,37). The molecule has 0 bridgehead atoms. The van der Waals surface area contributed by atoms with Gasteiger partial charge in [-0.15, -0.1) is 0 Å².